The van der Waals surface area contributed by atoms with Gasteiger partial charge in [0.15, 0.2) is 0 Å². The first-order valence-corrected chi connectivity index (χ1v) is 6.81. The molecule has 0 aliphatic carbocycles. The van der Waals surface area contributed by atoms with E-state index < -0.39 is 0 Å². The molecule has 4 nitrogen and oxygen atoms in total. The van der Waals surface area contributed by atoms with Crippen LogP contribution in [0.2, 0.25) is 0 Å². The predicted molar refractivity (Wildman–Crippen MR) is 83.5 cm³/mol. The van der Waals surface area contributed by atoms with E-state index >= 15 is 0 Å². The number of carbonyl (C=O) groups is 1. The van der Waals surface area contributed by atoms with Crippen molar-refractivity contribution in [2.45, 2.75) is 13.3 Å². The van der Waals surface area contributed by atoms with Gasteiger partial charge in [-0.2, -0.15) is 5.10 Å². The van der Waals surface area contributed by atoms with Gasteiger partial charge in [-0.25, -0.2) is 5.43 Å². The standard InChI is InChI=1S/C17H18N2O2/c1-14-7-5-6-10-16(14)21-12-11-17(20)19-18-13-15-8-3-2-4-9-15/h2-10,13H,11-12H2,1H3,(H,19,20)/b18-13+. The molecule has 0 atom stereocenters. The van der Waals surface area contributed by atoms with Gasteiger partial charge < -0.3 is 4.74 Å². The lowest BCUT2D eigenvalue weighted by Crippen LogP contribution is -2.20. The number of hydrazone groups is 1. The van der Waals surface area contributed by atoms with Crippen molar-refractivity contribution < 1.29 is 9.53 Å². The summed E-state index contributed by atoms with van der Waals surface area (Å²) >= 11 is 0. The highest BCUT2D eigenvalue weighted by Gasteiger charge is 2.02. The number of nitrogens with one attached hydrogen (secondary N) is 1. The molecular weight excluding hydrogens is 264 g/mol. The molecule has 0 aliphatic heterocycles. The van der Waals surface area contributed by atoms with Crippen LogP contribution in [0.5, 0.6) is 5.75 Å². The van der Waals surface area contributed by atoms with Gasteiger partial charge in [0.25, 0.3) is 0 Å². The van der Waals surface area contributed by atoms with Gasteiger partial charge in [0, 0.05) is 0 Å². The van der Waals surface area contributed by atoms with E-state index in [9.17, 15) is 4.79 Å². The van der Waals surface area contributed by atoms with Gasteiger partial charge in [-0.15, -0.1) is 0 Å². The Morgan fingerprint density at radius 2 is 1.86 bits per heavy atom. The van der Waals surface area contributed by atoms with Crippen molar-refractivity contribution in [1.82, 2.24) is 5.43 Å². The lowest BCUT2D eigenvalue weighted by molar-refractivity contribution is -0.121. The molecule has 21 heavy (non-hydrogen) atoms. The summed E-state index contributed by atoms with van der Waals surface area (Å²) in [6, 6.07) is 17.3. The van der Waals surface area contributed by atoms with E-state index in [4.69, 9.17) is 4.74 Å². The second kappa shape index (κ2) is 7.85. The van der Waals surface area contributed by atoms with E-state index in [-0.39, 0.29) is 12.3 Å². The molecule has 0 aromatic heterocycles. The monoisotopic (exact) mass is 282 g/mol. The van der Waals surface area contributed by atoms with E-state index in [1.54, 1.807) is 6.21 Å². The summed E-state index contributed by atoms with van der Waals surface area (Å²) in [5.74, 6) is 0.633. The summed E-state index contributed by atoms with van der Waals surface area (Å²) in [7, 11) is 0. The van der Waals surface area contributed by atoms with Crippen LogP contribution in [0.3, 0.4) is 0 Å². The Balaban J connectivity index is 1.71. The molecular formula is C17H18N2O2. The molecule has 0 spiro atoms. The maximum Gasteiger partial charge on any atom is 0.243 e. The van der Waals surface area contributed by atoms with Crippen LogP contribution in [-0.2, 0) is 4.79 Å². The number of carbonyl (C=O) groups excluding carboxylic acids is 1. The fraction of sp³-hybridized carbons (Fsp3) is 0.176. The summed E-state index contributed by atoms with van der Waals surface area (Å²) in [4.78, 5) is 11.6. The van der Waals surface area contributed by atoms with E-state index in [0.29, 0.717) is 6.61 Å². The highest BCUT2D eigenvalue weighted by molar-refractivity contribution is 5.82. The number of amides is 1. The largest absolute Gasteiger partial charge is 0.493 e. The van der Waals surface area contributed by atoms with Crippen LogP contribution in [0.25, 0.3) is 0 Å². The molecule has 2 aromatic rings. The molecule has 0 fully saturated rings. The fourth-order valence-corrected chi connectivity index (χ4v) is 1.75. The maximum absolute atomic E-state index is 11.6. The topological polar surface area (TPSA) is 50.7 Å². The van der Waals surface area contributed by atoms with Gasteiger partial charge in [-0.05, 0) is 24.1 Å². The van der Waals surface area contributed by atoms with Crippen LogP contribution in [-0.4, -0.2) is 18.7 Å². The normalized spacial score (nSPS) is 10.5. The van der Waals surface area contributed by atoms with E-state index in [1.807, 2.05) is 61.5 Å². The van der Waals surface area contributed by atoms with Gasteiger partial charge in [-0.1, -0.05) is 48.5 Å². The van der Waals surface area contributed by atoms with Crippen LogP contribution < -0.4 is 10.2 Å². The van der Waals surface area contributed by atoms with Gasteiger partial charge >= 0.3 is 0 Å². The van der Waals surface area contributed by atoms with Crippen molar-refractivity contribution in [3.05, 3.63) is 65.7 Å². The summed E-state index contributed by atoms with van der Waals surface area (Å²) in [6.45, 7) is 2.30. The van der Waals surface area contributed by atoms with E-state index in [1.165, 1.54) is 0 Å². The zero-order valence-corrected chi connectivity index (χ0v) is 12.0. The number of ether oxygens (including phenoxy) is 1. The van der Waals surface area contributed by atoms with Gasteiger partial charge in [0.1, 0.15) is 5.75 Å². The maximum atomic E-state index is 11.6. The SMILES string of the molecule is Cc1ccccc1OCCC(=O)N/N=C/c1ccccc1. The second-order valence-electron chi connectivity index (χ2n) is 4.57. The zero-order valence-electron chi connectivity index (χ0n) is 12.0. The van der Waals surface area contributed by atoms with E-state index in [0.717, 1.165) is 16.9 Å². The first kappa shape index (κ1) is 14.8. The molecule has 1 amide bonds. The molecule has 0 unspecified atom stereocenters. The van der Waals surface area contributed by atoms with Crippen LogP contribution in [0.4, 0.5) is 0 Å². The van der Waals surface area contributed by atoms with Crippen molar-refractivity contribution in [1.29, 1.82) is 0 Å². The Morgan fingerprint density at radius 3 is 2.62 bits per heavy atom. The third-order valence-electron chi connectivity index (χ3n) is 2.88. The molecule has 0 saturated carbocycles. The Kier molecular flexibility index (Phi) is 5.52. The Bertz CT molecular complexity index is 609. The first-order valence-electron chi connectivity index (χ1n) is 6.81. The molecule has 0 radical (unpaired) electrons. The number of aryl methyl sites for hydroxylation is 1. The molecule has 108 valence electrons. The average Bonchev–Trinajstić information content (AvgIpc) is 2.50. The van der Waals surface area contributed by atoms with Gasteiger partial charge in [-0.3, -0.25) is 4.79 Å². The predicted octanol–water partition coefficient (Wildman–Crippen LogP) is 2.91. The average molecular weight is 282 g/mol. The Morgan fingerprint density at radius 1 is 1.14 bits per heavy atom. The molecule has 0 bridgehead atoms. The van der Waals surface area contributed by atoms with Crippen LogP contribution in [0.1, 0.15) is 17.5 Å². The van der Waals surface area contributed by atoms with E-state index in [2.05, 4.69) is 10.5 Å². The molecule has 2 rings (SSSR count). The Hall–Kier alpha value is -2.62. The summed E-state index contributed by atoms with van der Waals surface area (Å²) in [5, 5.41) is 3.90. The number of benzene rings is 2. The number of para-hydroxylation sites is 1. The lowest BCUT2D eigenvalue weighted by Gasteiger charge is -2.07. The number of hydrogen-bond acceptors (Lipinski definition) is 3. The molecule has 0 heterocycles. The van der Waals surface area contributed by atoms with Crippen LogP contribution in [0, 0.1) is 6.92 Å². The number of rotatable bonds is 6. The van der Waals surface area contributed by atoms with Crippen molar-refractivity contribution in [3.8, 4) is 5.75 Å². The third-order valence-corrected chi connectivity index (χ3v) is 2.88. The smallest absolute Gasteiger partial charge is 0.243 e. The molecule has 4 heteroatoms. The zero-order chi connectivity index (χ0) is 14.9. The minimum atomic E-state index is -0.171. The molecule has 2 aromatic carbocycles. The molecule has 0 aliphatic rings. The fourth-order valence-electron chi connectivity index (χ4n) is 1.75. The third kappa shape index (κ3) is 5.10. The van der Waals surface area contributed by atoms with Crippen molar-refractivity contribution in [3.63, 3.8) is 0 Å². The van der Waals surface area contributed by atoms with Crippen molar-refractivity contribution in [2.24, 2.45) is 5.10 Å². The minimum Gasteiger partial charge on any atom is -0.493 e. The molecule has 0 saturated heterocycles. The summed E-state index contributed by atoms with van der Waals surface area (Å²) < 4.78 is 5.56. The lowest BCUT2D eigenvalue weighted by atomic mass is 10.2. The highest BCUT2D eigenvalue weighted by atomic mass is 16.5. The summed E-state index contributed by atoms with van der Waals surface area (Å²) in [5.41, 5.74) is 4.48. The first-order chi connectivity index (χ1) is 10.3. The molecule has 1 N–H and O–H groups in total. The van der Waals surface area contributed by atoms with Crippen molar-refractivity contribution in [2.75, 3.05) is 6.61 Å². The van der Waals surface area contributed by atoms with Crippen LogP contribution in [0.15, 0.2) is 59.7 Å². The minimum absolute atomic E-state index is 0.171. The van der Waals surface area contributed by atoms with Gasteiger partial charge in [0.05, 0.1) is 19.2 Å². The quantitative estimate of drug-likeness (QED) is 0.654. The van der Waals surface area contributed by atoms with Crippen molar-refractivity contribution >= 4 is 12.1 Å². The van der Waals surface area contributed by atoms with Crippen LogP contribution >= 0.6 is 0 Å². The highest BCUT2D eigenvalue weighted by Crippen LogP contribution is 2.15. The van der Waals surface area contributed by atoms with Gasteiger partial charge in [0.2, 0.25) is 5.91 Å². The number of nitrogens with zero attached hydrogens (tertiary/aromatic N) is 1. The summed E-state index contributed by atoms with van der Waals surface area (Å²) in [6.07, 6.45) is 1.88. The second-order valence-corrected chi connectivity index (χ2v) is 4.57. The number of hydrogen-bond donors (Lipinski definition) is 1. The Labute approximate surface area is 124 Å².